The van der Waals surface area contributed by atoms with Crippen LogP contribution in [0.3, 0.4) is 0 Å². The maximum Gasteiger partial charge on any atom is 0.329 e. The molecule has 1 saturated heterocycles. The Balaban J connectivity index is 1.18. The van der Waals surface area contributed by atoms with Gasteiger partial charge in [0.2, 0.25) is 11.8 Å². The summed E-state index contributed by atoms with van der Waals surface area (Å²) in [6.07, 6.45) is 13.8. The molecule has 4 bridgehead atoms. The van der Waals surface area contributed by atoms with Gasteiger partial charge < -0.3 is 25.4 Å². The zero-order chi connectivity index (χ0) is 27.8. The molecule has 39 heavy (non-hydrogen) atoms. The molecule has 1 atom stereocenters. The van der Waals surface area contributed by atoms with E-state index in [0.29, 0.717) is 24.3 Å². The van der Waals surface area contributed by atoms with Crippen LogP contribution in [0, 0.1) is 29.1 Å². The number of esters is 1. The van der Waals surface area contributed by atoms with E-state index in [1.54, 1.807) is 0 Å². The number of ether oxygens (including phenoxy) is 1. The minimum atomic E-state index is -1.26. The molecule has 5 fully saturated rings. The van der Waals surface area contributed by atoms with E-state index in [2.05, 4.69) is 10.6 Å². The van der Waals surface area contributed by atoms with Crippen LogP contribution in [0.25, 0.3) is 0 Å². The summed E-state index contributed by atoms with van der Waals surface area (Å²) in [5.74, 6) is 0.727. The SMILES string of the molecule is CCN(CC(=O)N[C@@H](CC(=O)O)C(=O)OCCCC12CC3CC(CC(C3)C1)C2)C(=O)CCCC1CCNCC1. The Hall–Kier alpha value is -2.16. The Labute approximate surface area is 233 Å². The number of carboxylic acids is 1. The van der Waals surface area contributed by atoms with E-state index in [9.17, 15) is 24.3 Å². The lowest BCUT2D eigenvalue weighted by Gasteiger charge is -2.57. The number of nitrogens with zero attached hydrogens (tertiary/aromatic N) is 1. The quantitative estimate of drug-likeness (QED) is 0.212. The molecule has 1 heterocycles. The zero-order valence-electron chi connectivity index (χ0n) is 23.8. The maximum absolute atomic E-state index is 12.7. The number of hydrogen-bond acceptors (Lipinski definition) is 6. The minimum Gasteiger partial charge on any atom is -0.481 e. The monoisotopic (exact) mass is 547 g/mol. The van der Waals surface area contributed by atoms with Crippen LogP contribution in [0.4, 0.5) is 0 Å². The second-order valence-electron chi connectivity index (χ2n) is 12.9. The summed E-state index contributed by atoms with van der Waals surface area (Å²) in [4.78, 5) is 51.0. The summed E-state index contributed by atoms with van der Waals surface area (Å²) in [5.41, 5.74) is 0.402. The Kier molecular flexibility index (Phi) is 10.7. The fourth-order valence-electron chi connectivity index (χ4n) is 8.34. The number of likely N-dealkylation sites (N-methyl/N-ethyl adjacent to an activating group) is 1. The Morgan fingerprint density at radius 1 is 1.03 bits per heavy atom. The van der Waals surface area contributed by atoms with Crippen LogP contribution < -0.4 is 10.6 Å². The molecule has 5 rings (SSSR count). The van der Waals surface area contributed by atoms with E-state index in [-0.39, 0.29) is 19.1 Å². The molecule has 1 aliphatic heterocycles. The van der Waals surface area contributed by atoms with Crippen molar-refractivity contribution in [3.05, 3.63) is 0 Å². The molecule has 220 valence electrons. The summed E-state index contributed by atoms with van der Waals surface area (Å²) < 4.78 is 5.46. The van der Waals surface area contributed by atoms with Gasteiger partial charge in [-0.15, -0.1) is 0 Å². The first-order chi connectivity index (χ1) is 18.7. The molecular weight excluding hydrogens is 498 g/mol. The molecule has 0 radical (unpaired) electrons. The van der Waals surface area contributed by atoms with Gasteiger partial charge >= 0.3 is 11.9 Å². The van der Waals surface area contributed by atoms with Gasteiger partial charge in [-0.1, -0.05) is 0 Å². The highest BCUT2D eigenvalue weighted by Crippen LogP contribution is 2.61. The maximum atomic E-state index is 12.7. The number of rotatable bonds is 15. The minimum absolute atomic E-state index is 0.0939. The lowest BCUT2D eigenvalue weighted by molar-refractivity contribution is -0.152. The lowest BCUT2D eigenvalue weighted by Crippen LogP contribution is -2.48. The van der Waals surface area contributed by atoms with Gasteiger partial charge in [-0.05, 0) is 126 Å². The highest BCUT2D eigenvalue weighted by Gasteiger charge is 2.50. The van der Waals surface area contributed by atoms with Crippen molar-refractivity contribution in [3.8, 4) is 0 Å². The Bertz CT molecular complexity index is 835. The van der Waals surface area contributed by atoms with E-state index < -0.39 is 30.3 Å². The van der Waals surface area contributed by atoms with E-state index in [4.69, 9.17) is 4.74 Å². The molecule has 0 aromatic heterocycles. The van der Waals surface area contributed by atoms with Crippen molar-refractivity contribution in [3.63, 3.8) is 0 Å². The fraction of sp³-hybridized carbons (Fsp3) is 0.867. The third-order valence-electron chi connectivity index (χ3n) is 9.79. The van der Waals surface area contributed by atoms with Gasteiger partial charge in [-0.2, -0.15) is 0 Å². The van der Waals surface area contributed by atoms with Gasteiger partial charge in [0, 0.05) is 13.0 Å². The van der Waals surface area contributed by atoms with Crippen LogP contribution in [0.2, 0.25) is 0 Å². The van der Waals surface area contributed by atoms with Crippen molar-refractivity contribution in [1.82, 2.24) is 15.5 Å². The summed E-state index contributed by atoms with van der Waals surface area (Å²) >= 11 is 0. The van der Waals surface area contributed by atoms with Gasteiger partial charge in [0.1, 0.15) is 6.04 Å². The highest BCUT2D eigenvalue weighted by atomic mass is 16.5. The Morgan fingerprint density at radius 3 is 2.26 bits per heavy atom. The average Bonchev–Trinajstić information content (AvgIpc) is 2.88. The molecule has 3 N–H and O–H groups in total. The van der Waals surface area contributed by atoms with Crippen LogP contribution in [-0.2, 0) is 23.9 Å². The molecule has 4 aliphatic carbocycles. The number of carbonyl (C=O) groups excluding carboxylic acids is 3. The standard InChI is InChI=1S/C30H49N3O6/c1-2-33(27(35)6-3-5-21-7-10-31-11-8-21)20-26(34)32-25(16-28(36)37)29(38)39-12-4-9-30-17-22-13-23(18-30)15-24(14-22)19-30/h21-25,31H,2-20H2,1H3,(H,32,34)(H,36,37)/t22?,23?,24?,25-,30?/m0/s1. The van der Waals surface area contributed by atoms with Gasteiger partial charge in [-0.25, -0.2) is 4.79 Å². The molecule has 0 spiro atoms. The van der Waals surface area contributed by atoms with Gasteiger partial charge in [0.25, 0.3) is 0 Å². The first-order valence-corrected chi connectivity index (χ1v) is 15.4. The predicted molar refractivity (Wildman–Crippen MR) is 147 cm³/mol. The van der Waals surface area contributed by atoms with Crippen molar-refractivity contribution in [2.75, 3.05) is 32.8 Å². The predicted octanol–water partition coefficient (Wildman–Crippen LogP) is 3.50. The lowest BCUT2D eigenvalue weighted by atomic mass is 9.48. The number of piperidine rings is 1. The molecule has 4 saturated carbocycles. The largest absolute Gasteiger partial charge is 0.481 e. The van der Waals surface area contributed by atoms with Crippen molar-refractivity contribution in [1.29, 1.82) is 0 Å². The topological polar surface area (TPSA) is 125 Å². The second kappa shape index (κ2) is 14.0. The molecule has 5 aliphatic rings. The molecular formula is C30H49N3O6. The smallest absolute Gasteiger partial charge is 0.329 e. The van der Waals surface area contributed by atoms with Gasteiger partial charge in [-0.3, -0.25) is 14.4 Å². The molecule has 9 nitrogen and oxygen atoms in total. The molecule has 9 heteroatoms. The van der Waals surface area contributed by atoms with Crippen LogP contribution in [0.1, 0.15) is 96.8 Å². The van der Waals surface area contributed by atoms with E-state index in [1.807, 2.05) is 6.92 Å². The summed E-state index contributed by atoms with van der Waals surface area (Å²) in [5, 5.41) is 15.2. The number of nitrogens with one attached hydrogen (secondary N) is 2. The van der Waals surface area contributed by atoms with Crippen LogP contribution >= 0.6 is 0 Å². The van der Waals surface area contributed by atoms with Gasteiger partial charge in [0.05, 0.1) is 19.6 Å². The summed E-state index contributed by atoms with van der Waals surface area (Å²) in [6.45, 7) is 4.29. The second-order valence-corrected chi connectivity index (χ2v) is 12.9. The average molecular weight is 548 g/mol. The Morgan fingerprint density at radius 2 is 1.67 bits per heavy atom. The normalized spacial score (nSPS) is 28.6. The third kappa shape index (κ3) is 8.66. The summed E-state index contributed by atoms with van der Waals surface area (Å²) in [7, 11) is 0. The van der Waals surface area contributed by atoms with E-state index in [0.717, 1.165) is 69.4 Å². The third-order valence-corrected chi connectivity index (χ3v) is 9.79. The van der Waals surface area contributed by atoms with Crippen molar-refractivity contribution in [2.45, 2.75) is 103 Å². The molecule has 2 amide bonds. The number of aliphatic carboxylic acids is 1. The number of carboxylic acid groups (broad SMARTS) is 1. The molecule has 0 aromatic carbocycles. The van der Waals surface area contributed by atoms with Crippen molar-refractivity contribution in [2.24, 2.45) is 29.1 Å². The van der Waals surface area contributed by atoms with E-state index >= 15 is 0 Å². The number of amides is 2. The number of carbonyl (C=O) groups is 4. The molecule has 0 unspecified atom stereocenters. The first kappa shape index (κ1) is 29.8. The van der Waals surface area contributed by atoms with Crippen molar-refractivity contribution >= 4 is 23.8 Å². The van der Waals surface area contributed by atoms with Crippen LogP contribution in [0.15, 0.2) is 0 Å². The van der Waals surface area contributed by atoms with Gasteiger partial charge in [0.15, 0.2) is 0 Å². The molecule has 0 aromatic rings. The highest BCUT2D eigenvalue weighted by molar-refractivity contribution is 5.90. The number of hydrogen-bond donors (Lipinski definition) is 3. The zero-order valence-corrected chi connectivity index (χ0v) is 23.8. The van der Waals surface area contributed by atoms with Crippen molar-refractivity contribution < 1.29 is 29.0 Å². The van der Waals surface area contributed by atoms with Crippen LogP contribution in [-0.4, -0.2) is 72.6 Å². The van der Waals surface area contributed by atoms with E-state index in [1.165, 1.54) is 43.4 Å². The first-order valence-electron chi connectivity index (χ1n) is 15.4. The fourth-order valence-corrected chi connectivity index (χ4v) is 8.34. The van der Waals surface area contributed by atoms with Crippen LogP contribution in [0.5, 0.6) is 0 Å². The summed E-state index contributed by atoms with van der Waals surface area (Å²) in [6, 6.07) is -1.26.